The van der Waals surface area contributed by atoms with Crippen molar-refractivity contribution in [3.63, 3.8) is 0 Å². The Balaban J connectivity index is 4.03. The second-order valence-corrected chi connectivity index (χ2v) is 22.4. The average molecular weight is 1020 g/mol. The lowest BCUT2D eigenvalue weighted by molar-refractivity contribution is -0.167. The van der Waals surface area contributed by atoms with Gasteiger partial charge in [-0.2, -0.15) is 0 Å². The number of ether oxygens (including phenoxy) is 3. The van der Waals surface area contributed by atoms with Crippen molar-refractivity contribution in [1.29, 1.82) is 0 Å². The van der Waals surface area contributed by atoms with Crippen LogP contribution in [0.1, 0.15) is 374 Å². The minimum atomic E-state index is -0.762. The van der Waals surface area contributed by atoms with E-state index in [0.29, 0.717) is 19.3 Å². The van der Waals surface area contributed by atoms with Gasteiger partial charge in [-0.1, -0.05) is 322 Å². The third kappa shape index (κ3) is 59.0. The molecule has 0 bridgehead atoms. The molecule has 0 heterocycles. The van der Waals surface area contributed by atoms with Crippen molar-refractivity contribution in [2.45, 2.75) is 380 Å². The van der Waals surface area contributed by atoms with Crippen molar-refractivity contribution in [1.82, 2.24) is 0 Å². The fourth-order valence-electron chi connectivity index (χ4n) is 10.1. The van der Waals surface area contributed by atoms with Gasteiger partial charge in [-0.25, -0.2) is 0 Å². The second-order valence-electron chi connectivity index (χ2n) is 22.4. The molecule has 0 rings (SSSR count). The Morgan fingerprint density at radius 2 is 0.458 bits per heavy atom. The van der Waals surface area contributed by atoms with E-state index < -0.39 is 6.10 Å². The highest BCUT2D eigenvalue weighted by Crippen LogP contribution is 2.18. The van der Waals surface area contributed by atoms with Crippen LogP contribution in [0.4, 0.5) is 0 Å². The van der Waals surface area contributed by atoms with Crippen molar-refractivity contribution in [3.8, 4) is 0 Å². The third-order valence-electron chi connectivity index (χ3n) is 15.0. The molecule has 1 unspecified atom stereocenters. The summed E-state index contributed by atoms with van der Waals surface area (Å²) < 4.78 is 16.9. The molecule has 6 nitrogen and oxygen atoms in total. The summed E-state index contributed by atoms with van der Waals surface area (Å²) >= 11 is 0. The number of allylic oxidation sites excluding steroid dienone is 2. The first-order valence-electron chi connectivity index (χ1n) is 32.7. The highest BCUT2D eigenvalue weighted by atomic mass is 16.6. The van der Waals surface area contributed by atoms with Crippen LogP contribution < -0.4 is 0 Å². The monoisotopic (exact) mass is 1010 g/mol. The van der Waals surface area contributed by atoms with Gasteiger partial charge in [-0.05, 0) is 44.9 Å². The number of hydrogen-bond donors (Lipinski definition) is 0. The Kier molecular flexibility index (Phi) is 60.1. The van der Waals surface area contributed by atoms with Gasteiger partial charge >= 0.3 is 17.9 Å². The average Bonchev–Trinajstić information content (AvgIpc) is 3.38. The molecule has 1 atom stereocenters. The standard InChI is InChI=1S/C66H126O6/c1-4-7-10-13-16-19-21-23-25-27-28-29-30-31-32-33-34-35-36-37-38-40-41-43-45-47-50-53-56-59-65(68)71-62-63(61-70-64(67)58-55-52-49-18-15-12-9-6-3)72-66(69)60-57-54-51-48-46-44-42-39-26-24-22-20-17-14-11-8-5-2/h27-28,63H,4-26,29-62H2,1-3H3/b28-27-. The maximum Gasteiger partial charge on any atom is 0.306 e. The largest absolute Gasteiger partial charge is 0.462 e. The highest BCUT2D eigenvalue weighted by Gasteiger charge is 2.19. The summed E-state index contributed by atoms with van der Waals surface area (Å²) in [5.74, 6) is -0.839. The van der Waals surface area contributed by atoms with Gasteiger partial charge in [0.1, 0.15) is 13.2 Å². The molecular weight excluding hydrogens is 889 g/mol. The molecule has 0 saturated carbocycles. The van der Waals surface area contributed by atoms with E-state index >= 15 is 0 Å². The lowest BCUT2D eigenvalue weighted by Gasteiger charge is -2.18. The molecule has 0 N–H and O–H groups in total. The summed E-state index contributed by atoms with van der Waals surface area (Å²) in [6.07, 6.45) is 72.5. The van der Waals surface area contributed by atoms with Crippen molar-refractivity contribution >= 4 is 17.9 Å². The van der Waals surface area contributed by atoms with E-state index in [0.717, 1.165) is 57.8 Å². The number of unbranched alkanes of at least 4 members (excludes halogenated alkanes) is 48. The molecule has 0 aliphatic rings. The predicted octanol–water partition coefficient (Wildman–Crippen LogP) is 22.1. The minimum Gasteiger partial charge on any atom is -0.462 e. The highest BCUT2D eigenvalue weighted by molar-refractivity contribution is 5.71. The third-order valence-corrected chi connectivity index (χ3v) is 15.0. The molecule has 0 aliphatic heterocycles. The summed E-state index contributed by atoms with van der Waals surface area (Å²) in [6.45, 7) is 6.68. The molecule has 0 aromatic rings. The zero-order chi connectivity index (χ0) is 52.2. The van der Waals surface area contributed by atoms with Crippen molar-refractivity contribution in [2.24, 2.45) is 0 Å². The van der Waals surface area contributed by atoms with Crippen LogP contribution >= 0.6 is 0 Å². The zero-order valence-corrected chi connectivity index (χ0v) is 49.0. The van der Waals surface area contributed by atoms with Gasteiger partial charge in [-0.15, -0.1) is 0 Å². The fraction of sp³-hybridized carbons (Fsp3) is 0.924. The zero-order valence-electron chi connectivity index (χ0n) is 49.0. The van der Waals surface area contributed by atoms with Crippen LogP contribution in [0.2, 0.25) is 0 Å². The first kappa shape index (κ1) is 70.1. The lowest BCUT2D eigenvalue weighted by Crippen LogP contribution is -2.30. The van der Waals surface area contributed by atoms with Crippen molar-refractivity contribution in [2.75, 3.05) is 13.2 Å². The molecule has 0 radical (unpaired) electrons. The summed E-state index contributed by atoms with van der Waals surface area (Å²) in [7, 11) is 0. The van der Waals surface area contributed by atoms with Gasteiger partial charge in [0, 0.05) is 19.3 Å². The van der Waals surface area contributed by atoms with Gasteiger partial charge < -0.3 is 14.2 Å². The van der Waals surface area contributed by atoms with E-state index in [-0.39, 0.29) is 31.1 Å². The Bertz CT molecular complexity index is 1120. The Labute approximate surface area is 450 Å². The maximum atomic E-state index is 12.8. The minimum absolute atomic E-state index is 0.0631. The van der Waals surface area contributed by atoms with Crippen LogP contribution in [0.3, 0.4) is 0 Å². The Morgan fingerprint density at radius 1 is 0.264 bits per heavy atom. The summed E-state index contributed by atoms with van der Waals surface area (Å²) in [5.41, 5.74) is 0. The van der Waals surface area contributed by atoms with Crippen LogP contribution in [0.15, 0.2) is 12.2 Å². The summed E-state index contributed by atoms with van der Waals surface area (Å²) in [4.78, 5) is 38.1. The maximum absolute atomic E-state index is 12.8. The van der Waals surface area contributed by atoms with Crippen LogP contribution in [0.5, 0.6) is 0 Å². The topological polar surface area (TPSA) is 78.9 Å². The predicted molar refractivity (Wildman–Crippen MR) is 312 cm³/mol. The molecule has 0 fully saturated rings. The molecule has 426 valence electrons. The number of carbonyl (C=O) groups excluding carboxylic acids is 3. The smallest absolute Gasteiger partial charge is 0.306 e. The van der Waals surface area contributed by atoms with Crippen molar-refractivity contribution < 1.29 is 28.6 Å². The van der Waals surface area contributed by atoms with E-state index in [4.69, 9.17) is 14.2 Å². The molecule has 0 aromatic carbocycles. The number of hydrogen-bond acceptors (Lipinski definition) is 6. The van der Waals surface area contributed by atoms with E-state index in [9.17, 15) is 14.4 Å². The van der Waals surface area contributed by atoms with Crippen LogP contribution in [-0.2, 0) is 28.6 Å². The van der Waals surface area contributed by atoms with Crippen LogP contribution in [-0.4, -0.2) is 37.2 Å². The molecule has 6 heteroatoms. The van der Waals surface area contributed by atoms with Gasteiger partial charge in [0.2, 0.25) is 0 Å². The molecule has 0 saturated heterocycles. The van der Waals surface area contributed by atoms with E-state index in [2.05, 4.69) is 32.9 Å². The Hall–Kier alpha value is -1.85. The van der Waals surface area contributed by atoms with E-state index in [1.54, 1.807) is 0 Å². The van der Waals surface area contributed by atoms with Gasteiger partial charge in [0.15, 0.2) is 6.10 Å². The van der Waals surface area contributed by atoms with Gasteiger partial charge in [-0.3, -0.25) is 14.4 Å². The fourth-order valence-corrected chi connectivity index (χ4v) is 10.1. The molecule has 72 heavy (non-hydrogen) atoms. The molecule has 0 aliphatic carbocycles. The normalized spacial score (nSPS) is 12.0. The van der Waals surface area contributed by atoms with Crippen molar-refractivity contribution in [3.05, 3.63) is 12.2 Å². The number of rotatable bonds is 61. The molecule has 0 amide bonds. The van der Waals surface area contributed by atoms with Crippen LogP contribution in [0, 0.1) is 0 Å². The number of esters is 3. The second kappa shape index (κ2) is 61.7. The molecular formula is C66H126O6. The number of carbonyl (C=O) groups is 3. The van der Waals surface area contributed by atoms with E-state index in [1.807, 2.05) is 0 Å². The Morgan fingerprint density at radius 3 is 0.694 bits per heavy atom. The summed E-state index contributed by atoms with van der Waals surface area (Å²) in [5, 5.41) is 0. The molecule has 0 spiro atoms. The van der Waals surface area contributed by atoms with Gasteiger partial charge in [0.05, 0.1) is 0 Å². The molecule has 0 aromatic heterocycles. The van der Waals surface area contributed by atoms with Gasteiger partial charge in [0.25, 0.3) is 0 Å². The first-order chi connectivity index (χ1) is 35.5. The quantitative estimate of drug-likeness (QED) is 0.0261. The van der Waals surface area contributed by atoms with E-state index in [1.165, 1.54) is 276 Å². The first-order valence-corrected chi connectivity index (χ1v) is 32.7. The van der Waals surface area contributed by atoms with Crippen LogP contribution in [0.25, 0.3) is 0 Å². The lowest BCUT2D eigenvalue weighted by atomic mass is 10.0. The SMILES string of the molecule is CCCCCCCCCC/C=C\CCCCCCCCCCCCCCCCCCCC(=O)OCC(COC(=O)CCCCCCCCCC)OC(=O)CCCCCCCCCCCCCCCCCCC. The summed E-state index contributed by atoms with van der Waals surface area (Å²) in [6, 6.07) is 0.